The van der Waals surface area contributed by atoms with Gasteiger partial charge in [0, 0.05) is 31.8 Å². The van der Waals surface area contributed by atoms with E-state index in [9.17, 15) is 35.3 Å². The number of nitrogens with one attached hydrogen (secondary N) is 1. The van der Waals surface area contributed by atoms with Gasteiger partial charge in [-0.2, -0.15) is 0 Å². The predicted octanol–water partition coefficient (Wildman–Crippen LogP) is 3.30. The van der Waals surface area contributed by atoms with Gasteiger partial charge in [-0.05, 0) is 36.9 Å². The first-order valence-electron chi connectivity index (χ1n) is 9.54. The zero-order valence-corrected chi connectivity index (χ0v) is 17.4. The van der Waals surface area contributed by atoms with Crippen molar-refractivity contribution in [2.45, 2.75) is 30.7 Å². The van der Waals surface area contributed by atoms with Crippen LogP contribution in [0.4, 0.5) is 27.6 Å². The van der Waals surface area contributed by atoms with E-state index < -0.39 is 44.0 Å². The zero-order valence-electron chi connectivity index (χ0n) is 16.5. The second-order valence-corrected chi connectivity index (χ2v) is 8.96. The van der Waals surface area contributed by atoms with Crippen molar-refractivity contribution in [3.05, 3.63) is 63.3 Å². The van der Waals surface area contributed by atoms with Crippen molar-refractivity contribution < 1.29 is 40.5 Å². The van der Waals surface area contributed by atoms with Crippen molar-refractivity contribution in [3.63, 3.8) is 0 Å². The van der Waals surface area contributed by atoms with Gasteiger partial charge in [-0.1, -0.05) is 6.07 Å². The van der Waals surface area contributed by atoms with Crippen molar-refractivity contribution in [2.75, 3.05) is 19.6 Å². The highest BCUT2D eigenvalue weighted by Crippen LogP contribution is 2.27. The Bertz CT molecular complexity index is 1130. The molecule has 32 heavy (non-hydrogen) atoms. The molecule has 174 valence electrons. The van der Waals surface area contributed by atoms with E-state index in [-0.39, 0.29) is 23.6 Å². The average molecular weight is 480 g/mol. The molecule has 2 N–H and O–H groups in total. The molecule has 7 nitrogen and oxygen atoms in total. The minimum absolute atomic E-state index is 0.105. The summed E-state index contributed by atoms with van der Waals surface area (Å²) in [5, 5.41) is 9.02. The van der Waals surface area contributed by atoms with Crippen LogP contribution in [0.5, 0.6) is 0 Å². The summed E-state index contributed by atoms with van der Waals surface area (Å²) in [5.41, 5.74) is 2.02. The quantitative estimate of drug-likeness (QED) is 0.199. The second-order valence-electron chi connectivity index (χ2n) is 7.26. The monoisotopic (exact) mass is 480 g/mol. The standard InChI is InChI=1S/C19H19F5N3O4S/c20-14-15(21)17(23)19(18(24)16(14)22)32(30,31)25-6-1-2-7-26-8-5-11-3-4-13(27(28)29)9-12(11)10-26/h3-4,9,25H,1-2,5-8,10H2,(H,28,29)/q+1. The first-order chi connectivity index (χ1) is 15.0. The Morgan fingerprint density at radius 2 is 1.59 bits per heavy atom. The van der Waals surface area contributed by atoms with Crippen LogP contribution < -0.4 is 4.72 Å². The van der Waals surface area contributed by atoms with Crippen LogP contribution in [0.1, 0.15) is 24.0 Å². The van der Waals surface area contributed by atoms with Crippen LogP contribution in [0, 0.1) is 34.0 Å². The summed E-state index contributed by atoms with van der Waals surface area (Å²) in [6.45, 7) is 1.48. The fourth-order valence-electron chi connectivity index (χ4n) is 3.47. The third-order valence-electron chi connectivity index (χ3n) is 5.13. The van der Waals surface area contributed by atoms with E-state index in [0.717, 1.165) is 11.1 Å². The zero-order chi connectivity index (χ0) is 23.6. The molecule has 0 aliphatic carbocycles. The van der Waals surface area contributed by atoms with Gasteiger partial charge in [0.15, 0.2) is 28.2 Å². The minimum atomic E-state index is -4.96. The predicted molar refractivity (Wildman–Crippen MR) is 101 cm³/mol. The van der Waals surface area contributed by atoms with Crippen LogP contribution in [0.3, 0.4) is 0 Å². The van der Waals surface area contributed by atoms with E-state index in [2.05, 4.69) is 0 Å². The van der Waals surface area contributed by atoms with Crippen molar-refractivity contribution in [3.8, 4) is 0 Å². The summed E-state index contributed by atoms with van der Waals surface area (Å²) in [5.74, 6) is -11.9. The van der Waals surface area contributed by atoms with Crippen LogP contribution in [0.2, 0.25) is 0 Å². The average Bonchev–Trinajstić information content (AvgIpc) is 2.75. The Morgan fingerprint density at radius 1 is 0.969 bits per heavy atom. The molecule has 0 spiro atoms. The third-order valence-corrected chi connectivity index (χ3v) is 6.61. The van der Waals surface area contributed by atoms with E-state index >= 15 is 0 Å². The number of sulfonamides is 1. The molecule has 1 aliphatic rings. The largest absolute Gasteiger partial charge is 0.316 e. The van der Waals surface area contributed by atoms with Crippen LogP contribution in [-0.4, -0.2) is 43.1 Å². The molecule has 0 radical (unpaired) electrons. The summed E-state index contributed by atoms with van der Waals surface area (Å²) in [6.07, 6.45) is 1.43. The van der Waals surface area contributed by atoms with Gasteiger partial charge in [-0.15, -0.1) is 0 Å². The maximum absolute atomic E-state index is 13.7. The summed E-state index contributed by atoms with van der Waals surface area (Å²) in [4.78, 5) is 10.9. The minimum Gasteiger partial charge on any atom is -0.299 e. The summed E-state index contributed by atoms with van der Waals surface area (Å²) in [6, 6.07) is 4.85. The summed E-state index contributed by atoms with van der Waals surface area (Å²) in [7, 11) is -4.96. The van der Waals surface area contributed by atoms with E-state index in [1.54, 1.807) is 12.1 Å². The van der Waals surface area contributed by atoms with Gasteiger partial charge >= 0.3 is 5.69 Å². The number of nitrogens with zero attached hydrogens (tertiary/aromatic N) is 2. The Balaban J connectivity index is 1.54. The van der Waals surface area contributed by atoms with Gasteiger partial charge < -0.3 is 0 Å². The molecular formula is C19H19F5N3O4S+. The number of rotatable bonds is 8. The van der Waals surface area contributed by atoms with Crippen LogP contribution in [0.25, 0.3) is 0 Å². The normalized spacial score (nSPS) is 14.4. The smallest absolute Gasteiger partial charge is 0.299 e. The Morgan fingerprint density at radius 3 is 2.22 bits per heavy atom. The number of benzene rings is 2. The van der Waals surface area contributed by atoms with Gasteiger partial charge in [-0.3, -0.25) is 4.90 Å². The lowest BCUT2D eigenvalue weighted by Crippen LogP contribution is -2.32. The lowest BCUT2D eigenvalue weighted by molar-refractivity contribution is -0.729. The van der Waals surface area contributed by atoms with Crippen molar-refractivity contribution in [1.82, 2.24) is 9.62 Å². The number of unbranched alkanes of at least 4 members (excludes halogenated alkanes) is 1. The van der Waals surface area contributed by atoms with Gasteiger partial charge in [0.2, 0.25) is 15.8 Å². The summed E-state index contributed by atoms with van der Waals surface area (Å²) >= 11 is 0. The van der Waals surface area contributed by atoms with Crippen LogP contribution >= 0.6 is 0 Å². The molecule has 0 amide bonds. The fraction of sp³-hybridized carbons (Fsp3) is 0.368. The van der Waals surface area contributed by atoms with Gasteiger partial charge in [0.1, 0.15) is 0 Å². The molecule has 0 fully saturated rings. The Hall–Kier alpha value is -2.64. The van der Waals surface area contributed by atoms with E-state index in [1.165, 1.54) is 6.07 Å². The SMILES string of the molecule is O=[N+](O)c1ccc2c(c1)CN(CCCCNS(=O)(=O)c1c(F)c(F)c(F)c(F)c1F)CC2. The first kappa shape index (κ1) is 24.0. The van der Waals surface area contributed by atoms with Crippen molar-refractivity contribution in [2.24, 2.45) is 0 Å². The molecule has 2 aromatic rings. The molecular weight excluding hydrogens is 461 g/mol. The molecule has 13 heteroatoms. The highest BCUT2D eigenvalue weighted by Gasteiger charge is 2.33. The molecule has 0 saturated heterocycles. The third kappa shape index (κ3) is 4.89. The highest BCUT2D eigenvalue weighted by atomic mass is 32.2. The molecule has 2 aromatic carbocycles. The molecule has 0 atom stereocenters. The van der Waals surface area contributed by atoms with Gasteiger partial charge in [0.25, 0.3) is 4.92 Å². The van der Waals surface area contributed by atoms with Gasteiger partial charge in [0.05, 0.1) is 4.91 Å². The highest BCUT2D eigenvalue weighted by molar-refractivity contribution is 7.89. The topological polar surface area (TPSA) is 89.7 Å². The second kappa shape index (κ2) is 9.46. The summed E-state index contributed by atoms with van der Waals surface area (Å²) < 4.78 is 93.1. The molecule has 0 aromatic heterocycles. The number of halogens is 5. The Labute approximate surface area is 180 Å². The number of hydrogen-bond acceptors (Lipinski definition) is 4. The van der Waals surface area contributed by atoms with Crippen molar-refractivity contribution >= 4 is 15.7 Å². The molecule has 1 aliphatic heterocycles. The fourth-order valence-corrected chi connectivity index (χ4v) is 4.68. The van der Waals surface area contributed by atoms with E-state index in [4.69, 9.17) is 5.21 Å². The molecule has 0 bridgehead atoms. The molecule has 3 rings (SSSR count). The molecule has 0 saturated carbocycles. The molecule has 1 heterocycles. The maximum Gasteiger partial charge on any atom is 0.316 e. The lowest BCUT2D eigenvalue weighted by Gasteiger charge is -2.28. The Kier molecular flexibility index (Phi) is 7.10. The van der Waals surface area contributed by atoms with Crippen LogP contribution in [0.15, 0.2) is 23.1 Å². The maximum atomic E-state index is 13.7. The van der Waals surface area contributed by atoms with Gasteiger partial charge in [-0.25, -0.2) is 40.3 Å². The van der Waals surface area contributed by atoms with E-state index in [0.29, 0.717) is 32.5 Å². The number of fused-ring (bicyclic) bond motifs is 1. The molecule has 0 unspecified atom stereocenters. The van der Waals surface area contributed by atoms with Crippen molar-refractivity contribution in [1.29, 1.82) is 0 Å². The first-order valence-corrected chi connectivity index (χ1v) is 11.0. The van der Waals surface area contributed by atoms with E-state index in [1.807, 2.05) is 9.62 Å². The lowest BCUT2D eigenvalue weighted by atomic mass is 9.99. The van der Waals surface area contributed by atoms with Crippen LogP contribution in [-0.2, 0) is 23.0 Å². The number of hydrogen-bond donors (Lipinski definition) is 2.